The number of aryl methyl sites for hydroxylation is 1. The van der Waals surface area contributed by atoms with Crippen LogP contribution >= 0.6 is 0 Å². The van der Waals surface area contributed by atoms with Gasteiger partial charge in [-0.3, -0.25) is 4.79 Å². The van der Waals surface area contributed by atoms with Crippen LogP contribution in [0.25, 0.3) is 0 Å². The summed E-state index contributed by atoms with van der Waals surface area (Å²) in [6.45, 7) is 6.36. The van der Waals surface area contributed by atoms with Gasteiger partial charge < -0.3 is 9.88 Å². The van der Waals surface area contributed by atoms with E-state index in [1.807, 2.05) is 12.4 Å². The Bertz CT molecular complexity index is 514. The number of hydrogen-bond donors (Lipinski definition) is 1. The van der Waals surface area contributed by atoms with Crippen LogP contribution in [0.3, 0.4) is 0 Å². The lowest BCUT2D eigenvalue weighted by Crippen LogP contribution is -2.43. The highest BCUT2D eigenvalue weighted by molar-refractivity contribution is 5.79. The predicted octanol–water partition coefficient (Wildman–Crippen LogP) is 3.17. The minimum absolute atomic E-state index is 0.0945. The van der Waals surface area contributed by atoms with Gasteiger partial charge in [0.15, 0.2) is 0 Å². The molecule has 1 aliphatic carbocycles. The molecule has 3 rings (SSSR count). The largest absolute Gasteiger partial charge is 0.355 e. The fourth-order valence-electron chi connectivity index (χ4n) is 4.06. The Morgan fingerprint density at radius 2 is 2.09 bits per heavy atom. The second-order valence-corrected chi connectivity index (χ2v) is 7.77. The van der Waals surface area contributed by atoms with E-state index in [0.29, 0.717) is 0 Å². The number of amides is 1. The highest BCUT2D eigenvalue weighted by atomic mass is 16.1. The number of aromatic nitrogens is 2. The van der Waals surface area contributed by atoms with Crippen LogP contribution < -0.4 is 5.32 Å². The number of rotatable bonds is 4. The normalized spacial score (nSPS) is 23.1. The van der Waals surface area contributed by atoms with Crippen LogP contribution in [-0.4, -0.2) is 22.0 Å². The summed E-state index contributed by atoms with van der Waals surface area (Å²) in [5.74, 6) is 2.12. The van der Waals surface area contributed by atoms with Crippen molar-refractivity contribution in [1.29, 1.82) is 0 Å². The van der Waals surface area contributed by atoms with Gasteiger partial charge in [-0.15, -0.1) is 0 Å². The predicted molar refractivity (Wildman–Crippen MR) is 87.4 cm³/mol. The first-order valence-electron chi connectivity index (χ1n) is 8.84. The minimum Gasteiger partial charge on any atom is -0.355 e. The third kappa shape index (κ3) is 3.36. The standard InChI is InChI=1S/C18H29N3O/c1-18(2,15-6-4-3-5-7-15)13-20-17(22)14-8-10-21-11-9-19-16(21)12-14/h9,11,14-15H,3-8,10,12-13H2,1-2H3,(H,20,22)/t14-/m1/s1. The zero-order valence-corrected chi connectivity index (χ0v) is 14.0. The molecule has 1 aromatic heterocycles. The Kier molecular flexibility index (Phi) is 4.55. The zero-order valence-electron chi connectivity index (χ0n) is 14.0. The Morgan fingerprint density at radius 3 is 2.86 bits per heavy atom. The second kappa shape index (κ2) is 6.43. The van der Waals surface area contributed by atoms with Gasteiger partial charge in [0.05, 0.1) is 0 Å². The minimum atomic E-state index is 0.0945. The monoisotopic (exact) mass is 303 g/mol. The van der Waals surface area contributed by atoms with E-state index >= 15 is 0 Å². The number of hydrogen-bond acceptors (Lipinski definition) is 2. The summed E-state index contributed by atoms with van der Waals surface area (Å²) in [4.78, 5) is 16.9. The number of nitrogens with one attached hydrogen (secondary N) is 1. The van der Waals surface area contributed by atoms with Crippen molar-refractivity contribution in [3.05, 3.63) is 18.2 Å². The van der Waals surface area contributed by atoms with Gasteiger partial charge in [-0.1, -0.05) is 33.1 Å². The lowest BCUT2D eigenvalue weighted by atomic mass is 9.71. The quantitative estimate of drug-likeness (QED) is 0.928. The van der Waals surface area contributed by atoms with Gasteiger partial charge in [-0.25, -0.2) is 4.98 Å². The topological polar surface area (TPSA) is 46.9 Å². The average molecular weight is 303 g/mol. The van der Waals surface area contributed by atoms with Crippen LogP contribution in [0.1, 0.15) is 58.2 Å². The maximum Gasteiger partial charge on any atom is 0.223 e. The summed E-state index contributed by atoms with van der Waals surface area (Å²) < 4.78 is 2.16. The molecule has 122 valence electrons. The van der Waals surface area contributed by atoms with Crippen molar-refractivity contribution in [2.24, 2.45) is 17.3 Å². The third-order valence-electron chi connectivity index (χ3n) is 5.75. The molecule has 1 amide bonds. The van der Waals surface area contributed by atoms with Crippen LogP contribution in [0.4, 0.5) is 0 Å². The summed E-state index contributed by atoms with van der Waals surface area (Å²) in [5.41, 5.74) is 0.212. The van der Waals surface area contributed by atoms with E-state index in [9.17, 15) is 4.79 Å². The molecular weight excluding hydrogens is 274 g/mol. The summed E-state index contributed by atoms with van der Waals surface area (Å²) in [7, 11) is 0. The second-order valence-electron chi connectivity index (χ2n) is 7.77. The van der Waals surface area contributed by atoms with Gasteiger partial charge in [0, 0.05) is 37.8 Å². The summed E-state index contributed by atoms with van der Waals surface area (Å²) in [6.07, 6.45) is 12.3. The van der Waals surface area contributed by atoms with Gasteiger partial charge in [-0.05, 0) is 30.6 Å². The molecule has 0 radical (unpaired) electrons. The Hall–Kier alpha value is -1.32. The molecule has 1 saturated carbocycles. The van der Waals surface area contributed by atoms with Gasteiger partial charge in [0.2, 0.25) is 5.91 Å². The molecule has 1 aromatic rings. The molecule has 1 fully saturated rings. The fourth-order valence-corrected chi connectivity index (χ4v) is 4.06. The summed E-state index contributed by atoms with van der Waals surface area (Å²) in [6, 6.07) is 0. The molecule has 22 heavy (non-hydrogen) atoms. The van der Waals surface area contributed by atoms with Crippen molar-refractivity contribution < 1.29 is 4.79 Å². The molecule has 1 atom stereocenters. The number of carbonyl (C=O) groups is 1. The SMILES string of the molecule is CC(C)(CNC(=O)[C@@H]1CCn2ccnc2C1)C1CCCCC1. The van der Waals surface area contributed by atoms with Gasteiger partial charge in [-0.2, -0.15) is 0 Å². The molecule has 4 nitrogen and oxygen atoms in total. The highest BCUT2D eigenvalue weighted by Gasteiger charge is 2.32. The van der Waals surface area contributed by atoms with Crippen molar-refractivity contribution in [1.82, 2.24) is 14.9 Å². The van der Waals surface area contributed by atoms with E-state index in [-0.39, 0.29) is 17.2 Å². The molecule has 0 bridgehead atoms. The van der Waals surface area contributed by atoms with E-state index < -0.39 is 0 Å². The van der Waals surface area contributed by atoms with E-state index in [1.165, 1.54) is 32.1 Å². The zero-order chi connectivity index (χ0) is 15.6. The van der Waals surface area contributed by atoms with Crippen molar-refractivity contribution >= 4 is 5.91 Å². The molecule has 0 saturated heterocycles. The van der Waals surface area contributed by atoms with Crippen LogP contribution in [0, 0.1) is 17.3 Å². The van der Waals surface area contributed by atoms with Crippen LogP contribution in [0.15, 0.2) is 12.4 Å². The van der Waals surface area contributed by atoms with E-state index in [1.54, 1.807) is 0 Å². The highest BCUT2D eigenvalue weighted by Crippen LogP contribution is 2.37. The van der Waals surface area contributed by atoms with Gasteiger partial charge in [0.1, 0.15) is 5.82 Å². The average Bonchev–Trinajstić information content (AvgIpc) is 3.01. The first kappa shape index (κ1) is 15.6. The molecule has 2 heterocycles. The van der Waals surface area contributed by atoms with Crippen molar-refractivity contribution in [3.63, 3.8) is 0 Å². The Labute approximate surface area is 133 Å². The molecule has 0 aromatic carbocycles. The fraction of sp³-hybridized carbons (Fsp3) is 0.778. The van der Waals surface area contributed by atoms with E-state index in [0.717, 1.165) is 37.7 Å². The maximum absolute atomic E-state index is 12.5. The Morgan fingerprint density at radius 1 is 1.32 bits per heavy atom. The first-order chi connectivity index (χ1) is 10.6. The lowest BCUT2D eigenvalue weighted by molar-refractivity contribution is -0.126. The number of nitrogens with zero attached hydrogens (tertiary/aromatic N) is 2. The molecule has 2 aliphatic rings. The van der Waals surface area contributed by atoms with Crippen molar-refractivity contribution in [3.8, 4) is 0 Å². The summed E-state index contributed by atoms with van der Waals surface area (Å²) >= 11 is 0. The number of imidazole rings is 1. The van der Waals surface area contributed by atoms with Gasteiger partial charge >= 0.3 is 0 Å². The van der Waals surface area contributed by atoms with Crippen LogP contribution in [-0.2, 0) is 17.8 Å². The smallest absolute Gasteiger partial charge is 0.223 e. The molecule has 0 spiro atoms. The lowest BCUT2D eigenvalue weighted by Gasteiger charge is -2.37. The molecule has 1 aliphatic heterocycles. The van der Waals surface area contributed by atoms with E-state index in [4.69, 9.17) is 0 Å². The number of fused-ring (bicyclic) bond motifs is 1. The first-order valence-corrected chi connectivity index (χ1v) is 8.84. The van der Waals surface area contributed by atoms with Crippen molar-refractivity contribution in [2.75, 3.05) is 6.54 Å². The van der Waals surface area contributed by atoms with Crippen LogP contribution in [0.5, 0.6) is 0 Å². The molecule has 1 N–H and O–H groups in total. The molecule has 4 heteroatoms. The van der Waals surface area contributed by atoms with Gasteiger partial charge in [0.25, 0.3) is 0 Å². The maximum atomic E-state index is 12.5. The Balaban J connectivity index is 1.52. The third-order valence-corrected chi connectivity index (χ3v) is 5.75. The van der Waals surface area contributed by atoms with Crippen LogP contribution in [0.2, 0.25) is 0 Å². The molecule has 0 unspecified atom stereocenters. The molecular formula is C18H29N3O. The van der Waals surface area contributed by atoms with E-state index in [2.05, 4.69) is 28.7 Å². The van der Waals surface area contributed by atoms with Crippen molar-refractivity contribution in [2.45, 2.75) is 65.3 Å². The number of carbonyl (C=O) groups excluding carboxylic acids is 1. The summed E-state index contributed by atoms with van der Waals surface area (Å²) in [5, 5.41) is 3.24.